The van der Waals surface area contributed by atoms with Crippen molar-refractivity contribution in [3.05, 3.63) is 0 Å². The fourth-order valence-electron chi connectivity index (χ4n) is 0.457. The van der Waals surface area contributed by atoms with Gasteiger partial charge in [0.25, 0.3) is 0 Å². The van der Waals surface area contributed by atoms with Crippen LogP contribution in [-0.2, 0) is 0 Å². The largest absolute Gasteiger partial charge is 0.320 e. The number of hydrogen-bond acceptors (Lipinski definition) is 3. The zero-order valence-corrected chi connectivity index (χ0v) is 6.48. The van der Waals surface area contributed by atoms with Crippen molar-refractivity contribution in [2.75, 3.05) is 26.2 Å². The Bertz CT molecular complexity index is 167. The molecule has 0 aromatic carbocycles. The molecule has 0 amide bonds. The maximum Gasteiger partial charge on any atom is 0.0584 e. The molecule has 0 aliphatic carbocycles. The van der Waals surface area contributed by atoms with Gasteiger partial charge >= 0.3 is 0 Å². The van der Waals surface area contributed by atoms with Gasteiger partial charge in [0.1, 0.15) is 0 Å². The Morgan fingerprint density at radius 1 is 0.818 bits per heavy atom. The minimum Gasteiger partial charge on any atom is -0.320 e. The molecule has 0 aliphatic heterocycles. The fourth-order valence-corrected chi connectivity index (χ4v) is 0.457. The Labute approximate surface area is 67.5 Å². The van der Waals surface area contributed by atoms with Crippen LogP contribution in [-0.4, -0.2) is 26.2 Å². The molecule has 3 nitrogen and oxygen atoms in total. The third-order valence-corrected chi connectivity index (χ3v) is 0.881. The molecule has 0 aromatic heterocycles. The molecule has 0 bridgehead atoms. The fraction of sp³-hybridized carbons (Fsp3) is 0.500. The lowest BCUT2D eigenvalue weighted by molar-refractivity contribution is 0.870. The first-order valence-corrected chi connectivity index (χ1v) is 3.44. The second-order valence-corrected chi connectivity index (χ2v) is 1.72. The second-order valence-electron chi connectivity index (χ2n) is 1.72. The van der Waals surface area contributed by atoms with Gasteiger partial charge in [-0.15, -0.1) is 0 Å². The van der Waals surface area contributed by atoms with Gasteiger partial charge in [-0.2, -0.15) is 0 Å². The minimum atomic E-state index is 0.413. The van der Waals surface area contributed by atoms with E-state index in [1.54, 1.807) is 0 Å². The van der Waals surface area contributed by atoms with E-state index >= 15 is 0 Å². The number of hydrogen-bond donors (Lipinski definition) is 3. The Morgan fingerprint density at radius 3 is 1.64 bits per heavy atom. The van der Waals surface area contributed by atoms with Crippen molar-refractivity contribution < 1.29 is 0 Å². The molecular formula is C8H13N3. The number of nitrogens with two attached hydrogens (primary N) is 2. The summed E-state index contributed by atoms with van der Waals surface area (Å²) >= 11 is 0. The maximum absolute atomic E-state index is 5.15. The van der Waals surface area contributed by atoms with Crippen molar-refractivity contribution in [3.63, 3.8) is 0 Å². The molecule has 0 saturated heterocycles. The molecule has 0 spiro atoms. The van der Waals surface area contributed by atoms with E-state index in [0.29, 0.717) is 26.2 Å². The smallest absolute Gasteiger partial charge is 0.0584 e. The highest BCUT2D eigenvalue weighted by atomic mass is 14.8. The first-order chi connectivity index (χ1) is 5.41. The van der Waals surface area contributed by atoms with Gasteiger partial charge in [-0.1, -0.05) is 23.7 Å². The van der Waals surface area contributed by atoms with Crippen molar-refractivity contribution in [2.24, 2.45) is 11.5 Å². The lowest BCUT2D eigenvalue weighted by atomic mass is 10.5. The van der Waals surface area contributed by atoms with Gasteiger partial charge in [-0.05, 0) is 0 Å². The highest BCUT2D eigenvalue weighted by Crippen LogP contribution is 1.56. The van der Waals surface area contributed by atoms with E-state index < -0.39 is 0 Å². The SMILES string of the molecule is NCC#CCNCC#CCN. The van der Waals surface area contributed by atoms with Gasteiger partial charge in [0.05, 0.1) is 26.2 Å². The average molecular weight is 151 g/mol. The van der Waals surface area contributed by atoms with Crippen LogP contribution >= 0.6 is 0 Å². The normalized spacial score (nSPS) is 7.45. The van der Waals surface area contributed by atoms with Crippen molar-refractivity contribution >= 4 is 0 Å². The molecule has 0 saturated carbocycles. The van der Waals surface area contributed by atoms with Crippen LogP contribution < -0.4 is 16.8 Å². The lowest BCUT2D eigenvalue weighted by Crippen LogP contribution is -2.14. The molecular weight excluding hydrogens is 138 g/mol. The summed E-state index contributed by atoms with van der Waals surface area (Å²) in [6, 6.07) is 0. The van der Waals surface area contributed by atoms with E-state index in [1.807, 2.05) is 0 Å². The van der Waals surface area contributed by atoms with Crippen molar-refractivity contribution in [1.82, 2.24) is 5.32 Å². The number of nitrogens with one attached hydrogen (secondary N) is 1. The molecule has 60 valence electrons. The van der Waals surface area contributed by atoms with Gasteiger partial charge in [-0.25, -0.2) is 0 Å². The molecule has 0 rings (SSSR count). The van der Waals surface area contributed by atoms with Crippen LogP contribution in [0.3, 0.4) is 0 Å². The van der Waals surface area contributed by atoms with Gasteiger partial charge in [-0.3, -0.25) is 5.32 Å². The Hall–Kier alpha value is -1.00. The number of rotatable bonds is 2. The van der Waals surface area contributed by atoms with Crippen molar-refractivity contribution in [1.29, 1.82) is 0 Å². The van der Waals surface area contributed by atoms with Crippen LogP contribution in [0.5, 0.6) is 0 Å². The highest BCUT2D eigenvalue weighted by molar-refractivity contribution is 5.05. The monoisotopic (exact) mass is 151 g/mol. The molecule has 0 aliphatic rings. The molecule has 0 unspecified atom stereocenters. The summed E-state index contributed by atoms with van der Waals surface area (Å²) in [4.78, 5) is 0. The summed E-state index contributed by atoms with van der Waals surface area (Å²) < 4.78 is 0. The van der Waals surface area contributed by atoms with Crippen LogP contribution in [0.25, 0.3) is 0 Å². The summed E-state index contributed by atoms with van der Waals surface area (Å²) in [7, 11) is 0. The lowest BCUT2D eigenvalue weighted by Gasteiger charge is -1.88. The van der Waals surface area contributed by atoms with Crippen LogP contribution in [0, 0.1) is 23.7 Å². The predicted octanol–water partition coefficient (Wildman–Crippen LogP) is -1.50. The van der Waals surface area contributed by atoms with E-state index in [-0.39, 0.29) is 0 Å². The van der Waals surface area contributed by atoms with E-state index in [0.717, 1.165) is 0 Å². The third-order valence-electron chi connectivity index (χ3n) is 0.881. The molecule has 0 fully saturated rings. The topological polar surface area (TPSA) is 64.1 Å². The summed E-state index contributed by atoms with van der Waals surface area (Å²) in [5.74, 6) is 11.1. The summed E-state index contributed by atoms with van der Waals surface area (Å²) in [5.41, 5.74) is 10.3. The summed E-state index contributed by atoms with van der Waals surface area (Å²) in [5, 5.41) is 3.00. The molecule has 0 atom stereocenters. The molecule has 0 aromatic rings. The summed E-state index contributed by atoms with van der Waals surface area (Å²) in [6.45, 7) is 2.10. The van der Waals surface area contributed by atoms with Crippen molar-refractivity contribution in [2.45, 2.75) is 0 Å². The van der Waals surface area contributed by atoms with E-state index in [2.05, 4.69) is 29.0 Å². The molecule has 5 N–H and O–H groups in total. The molecule has 0 heterocycles. The van der Waals surface area contributed by atoms with E-state index in [9.17, 15) is 0 Å². The van der Waals surface area contributed by atoms with Gasteiger partial charge in [0, 0.05) is 0 Å². The molecule has 0 radical (unpaired) electrons. The van der Waals surface area contributed by atoms with E-state index in [4.69, 9.17) is 11.5 Å². The quantitative estimate of drug-likeness (QED) is 0.332. The van der Waals surface area contributed by atoms with Gasteiger partial charge < -0.3 is 11.5 Å². The minimum absolute atomic E-state index is 0.413. The van der Waals surface area contributed by atoms with Crippen LogP contribution in [0.1, 0.15) is 0 Å². The van der Waals surface area contributed by atoms with Gasteiger partial charge in [0.15, 0.2) is 0 Å². The summed E-state index contributed by atoms with van der Waals surface area (Å²) in [6.07, 6.45) is 0. The van der Waals surface area contributed by atoms with Crippen LogP contribution in [0.15, 0.2) is 0 Å². The third kappa shape index (κ3) is 9.00. The molecule has 11 heavy (non-hydrogen) atoms. The van der Waals surface area contributed by atoms with Crippen molar-refractivity contribution in [3.8, 4) is 23.7 Å². The Balaban J connectivity index is 3.14. The van der Waals surface area contributed by atoms with E-state index in [1.165, 1.54) is 0 Å². The average Bonchev–Trinajstić information content (AvgIpc) is 2.03. The Kier molecular flexibility index (Phi) is 8.18. The highest BCUT2D eigenvalue weighted by Gasteiger charge is 1.73. The zero-order chi connectivity index (χ0) is 8.36. The first kappa shape index (κ1) is 10.0. The standard InChI is InChI=1S/C8H13N3/c9-5-1-3-7-11-8-4-2-6-10/h11H,5-10H2. The predicted molar refractivity (Wildman–Crippen MR) is 46.5 cm³/mol. The van der Waals surface area contributed by atoms with Crippen LogP contribution in [0.4, 0.5) is 0 Å². The maximum atomic E-state index is 5.15. The second kappa shape index (κ2) is 9.00. The zero-order valence-electron chi connectivity index (χ0n) is 6.48. The van der Waals surface area contributed by atoms with Gasteiger partial charge in [0.2, 0.25) is 0 Å². The Morgan fingerprint density at radius 2 is 1.27 bits per heavy atom. The first-order valence-electron chi connectivity index (χ1n) is 3.44. The molecule has 3 heteroatoms. The van der Waals surface area contributed by atoms with Crippen LogP contribution in [0.2, 0.25) is 0 Å².